The quantitative estimate of drug-likeness (QED) is 0.166. The second-order valence-corrected chi connectivity index (χ2v) is 13.8. The average Bonchev–Trinajstić information content (AvgIpc) is 3.76. The number of rotatable bonds is 6. The van der Waals surface area contributed by atoms with Gasteiger partial charge in [0.2, 0.25) is 0 Å². The Balaban J connectivity index is 1.11. The molecule has 1 aliphatic carbocycles. The lowest BCUT2D eigenvalue weighted by Gasteiger charge is -2.26. The van der Waals surface area contributed by atoms with Crippen LogP contribution in [0.25, 0.3) is 76.1 Å². The molecule has 9 aromatic rings. The maximum atomic E-state index is 5.20. The lowest BCUT2D eigenvalue weighted by atomic mass is 9.96. The van der Waals surface area contributed by atoms with Crippen molar-refractivity contribution in [2.45, 2.75) is 0 Å². The van der Waals surface area contributed by atoms with E-state index >= 15 is 0 Å². The maximum Gasteiger partial charge on any atom is 0.124 e. The van der Waals surface area contributed by atoms with Gasteiger partial charge in [-0.3, -0.25) is 0 Å². The third-order valence-corrected chi connectivity index (χ3v) is 11.0. The molecule has 0 saturated heterocycles. The fourth-order valence-corrected chi connectivity index (χ4v) is 8.53. The van der Waals surface area contributed by atoms with Crippen molar-refractivity contribution in [3.05, 3.63) is 182 Å². The first-order valence-electron chi connectivity index (χ1n) is 17.0. The summed E-state index contributed by atoms with van der Waals surface area (Å²) in [5.74, 6) is 0. The third-order valence-electron chi connectivity index (χ3n) is 9.83. The zero-order valence-electron chi connectivity index (χ0n) is 27.1. The Morgan fingerprint density at radius 1 is 0.400 bits per heavy atom. The molecule has 1 heterocycles. The van der Waals surface area contributed by atoms with Crippen LogP contribution in [0.5, 0.6) is 0 Å². The van der Waals surface area contributed by atoms with E-state index in [0.717, 1.165) is 27.8 Å². The van der Waals surface area contributed by atoms with E-state index in [1.807, 2.05) is 0 Å². The van der Waals surface area contributed by atoms with Crippen molar-refractivity contribution in [2.75, 3.05) is 4.90 Å². The highest BCUT2D eigenvalue weighted by molar-refractivity contribution is 7.19. The number of hydrogen-bond donors (Lipinski definition) is 0. The molecule has 0 aliphatic heterocycles. The summed E-state index contributed by atoms with van der Waals surface area (Å²) in [6.45, 7) is 0. The smallest absolute Gasteiger partial charge is 0.124 e. The van der Waals surface area contributed by atoms with Gasteiger partial charge in [-0.25, -0.2) is 4.98 Å². The molecule has 0 radical (unpaired) electrons. The van der Waals surface area contributed by atoms with Crippen LogP contribution < -0.4 is 4.90 Å². The summed E-state index contributed by atoms with van der Waals surface area (Å²) in [6.07, 6.45) is 0. The number of thiazole rings is 1. The average molecular weight is 655 g/mol. The van der Waals surface area contributed by atoms with Gasteiger partial charge in [0, 0.05) is 39.1 Å². The molecule has 0 unspecified atom stereocenters. The zero-order valence-corrected chi connectivity index (χ0v) is 27.9. The van der Waals surface area contributed by atoms with Gasteiger partial charge in [-0.2, -0.15) is 0 Å². The van der Waals surface area contributed by atoms with Crippen molar-refractivity contribution in [3.8, 4) is 54.5 Å². The molecule has 2 nitrogen and oxygen atoms in total. The fourth-order valence-electron chi connectivity index (χ4n) is 7.42. The largest absolute Gasteiger partial charge is 0.310 e. The van der Waals surface area contributed by atoms with Crippen molar-refractivity contribution in [1.29, 1.82) is 0 Å². The minimum atomic E-state index is 1.07. The Morgan fingerprint density at radius 2 is 0.940 bits per heavy atom. The predicted octanol–water partition coefficient (Wildman–Crippen LogP) is 13.6. The topological polar surface area (TPSA) is 16.1 Å². The molecule has 0 amide bonds. The van der Waals surface area contributed by atoms with E-state index in [2.05, 4.69) is 187 Å². The number of nitrogens with zero attached hydrogens (tertiary/aromatic N) is 2. The van der Waals surface area contributed by atoms with E-state index < -0.39 is 0 Å². The lowest BCUT2D eigenvalue weighted by molar-refractivity contribution is 1.29. The Morgan fingerprint density at radius 3 is 1.54 bits per heavy atom. The van der Waals surface area contributed by atoms with Crippen LogP contribution in [0, 0.1) is 0 Å². The van der Waals surface area contributed by atoms with E-state index in [9.17, 15) is 0 Å². The van der Waals surface area contributed by atoms with Crippen LogP contribution in [0.3, 0.4) is 0 Å². The summed E-state index contributed by atoms with van der Waals surface area (Å²) < 4.78 is 0. The van der Waals surface area contributed by atoms with Gasteiger partial charge in [0.15, 0.2) is 0 Å². The molecule has 1 aromatic heterocycles. The second-order valence-electron chi connectivity index (χ2n) is 12.8. The van der Waals surface area contributed by atoms with Crippen molar-refractivity contribution < 1.29 is 0 Å². The van der Waals surface area contributed by atoms with Crippen LogP contribution in [0.2, 0.25) is 0 Å². The van der Waals surface area contributed by atoms with Crippen LogP contribution in [0.1, 0.15) is 0 Å². The molecule has 50 heavy (non-hydrogen) atoms. The summed E-state index contributed by atoms with van der Waals surface area (Å²) in [4.78, 5) is 8.84. The first-order chi connectivity index (χ1) is 24.8. The highest BCUT2D eigenvalue weighted by Crippen LogP contribution is 2.53. The Kier molecular flexibility index (Phi) is 6.71. The van der Waals surface area contributed by atoms with E-state index in [1.54, 1.807) is 11.3 Å². The molecule has 3 heteroatoms. The zero-order chi connectivity index (χ0) is 33.0. The molecular weight excluding hydrogens is 625 g/mol. The molecule has 0 bridgehead atoms. The predicted molar refractivity (Wildman–Crippen MR) is 213 cm³/mol. The summed E-state index contributed by atoms with van der Waals surface area (Å²) >= 11 is 1.79. The highest BCUT2D eigenvalue weighted by Gasteiger charge is 2.27. The van der Waals surface area contributed by atoms with Gasteiger partial charge in [-0.15, -0.1) is 11.3 Å². The van der Waals surface area contributed by atoms with Gasteiger partial charge in [0.1, 0.15) is 5.01 Å². The third kappa shape index (κ3) is 4.74. The van der Waals surface area contributed by atoms with Crippen LogP contribution in [0.4, 0.5) is 17.1 Å². The van der Waals surface area contributed by atoms with Crippen LogP contribution in [-0.2, 0) is 0 Å². The standard InChI is InChI=1S/C47H30N2S/c1-4-11-31(12-5-1)33-19-24-37(25-20-33)49(38-26-21-34(22-27-38)32-13-6-2-7-14-32)39-28-23-36-29-43-44-40(42(36)30-39)17-10-18-41(44)46-45(43)48-47(50-46)35-15-8-3-9-16-35/h1-30H. The van der Waals surface area contributed by atoms with Gasteiger partial charge in [0.25, 0.3) is 0 Å². The van der Waals surface area contributed by atoms with Gasteiger partial charge in [0.05, 0.1) is 10.6 Å². The van der Waals surface area contributed by atoms with Crippen LogP contribution in [0.15, 0.2) is 182 Å². The second kappa shape index (κ2) is 11.7. The molecule has 0 N–H and O–H groups in total. The SMILES string of the molecule is c1ccc(-c2ccc(N(c3ccc(-c4ccccc4)cc3)c3ccc4cc5c6c(cccc6c4c3)-c3sc(-c4ccccc4)nc3-5)cc2)cc1. The number of fused-ring (bicyclic) bond motifs is 5. The number of anilines is 3. The van der Waals surface area contributed by atoms with Crippen LogP contribution >= 0.6 is 11.3 Å². The highest BCUT2D eigenvalue weighted by atomic mass is 32.1. The van der Waals surface area contributed by atoms with E-state index in [4.69, 9.17) is 4.98 Å². The summed E-state index contributed by atoms with van der Waals surface area (Å²) in [6, 6.07) is 65.5. The molecule has 10 rings (SSSR count). The van der Waals surface area contributed by atoms with E-state index in [-0.39, 0.29) is 0 Å². The van der Waals surface area contributed by atoms with E-state index in [1.165, 1.54) is 65.4 Å². The number of aromatic nitrogens is 1. The number of benzene rings is 8. The molecule has 0 atom stereocenters. The molecular formula is C47H30N2S. The summed E-state index contributed by atoms with van der Waals surface area (Å²) in [5.41, 5.74) is 13.0. The fraction of sp³-hybridized carbons (Fsp3) is 0. The molecule has 0 spiro atoms. The van der Waals surface area contributed by atoms with Crippen LogP contribution in [-0.4, -0.2) is 4.98 Å². The van der Waals surface area contributed by atoms with E-state index in [0.29, 0.717) is 0 Å². The lowest BCUT2D eigenvalue weighted by Crippen LogP contribution is -2.10. The summed E-state index contributed by atoms with van der Waals surface area (Å²) in [7, 11) is 0. The molecule has 0 fully saturated rings. The molecule has 8 aromatic carbocycles. The molecule has 0 saturated carbocycles. The molecule has 234 valence electrons. The number of hydrogen-bond acceptors (Lipinski definition) is 3. The minimum absolute atomic E-state index is 1.07. The van der Waals surface area contributed by atoms with Gasteiger partial charge in [-0.05, 0) is 80.9 Å². The Bertz CT molecular complexity index is 2580. The van der Waals surface area contributed by atoms with Crippen molar-refractivity contribution >= 4 is 49.9 Å². The Labute approximate surface area is 295 Å². The van der Waals surface area contributed by atoms with Crippen molar-refractivity contribution in [3.63, 3.8) is 0 Å². The minimum Gasteiger partial charge on any atom is -0.310 e. The van der Waals surface area contributed by atoms with Gasteiger partial charge >= 0.3 is 0 Å². The summed E-state index contributed by atoms with van der Waals surface area (Å²) in [5, 5.41) is 6.10. The maximum absolute atomic E-state index is 5.20. The first kappa shape index (κ1) is 28.7. The van der Waals surface area contributed by atoms with Crippen molar-refractivity contribution in [1.82, 2.24) is 4.98 Å². The Hall–Kier alpha value is -6.29. The van der Waals surface area contributed by atoms with Gasteiger partial charge < -0.3 is 4.90 Å². The van der Waals surface area contributed by atoms with Gasteiger partial charge in [-0.1, -0.05) is 140 Å². The van der Waals surface area contributed by atoms with Crippen molar-refractivity contribution in [2.24, 2.45) is 0 Å². The first-order valence-corrected chi connectivity index (χ1v) is 17.8. The monoisotopic (exact) mass is 654 g/mol. The molecule has 1 aliphatic rings. The normalized spacial score (nSPS) is 11.6.